The van der Waals surface area contributed by atoms with Crippen LogP contribution >= 0.6 is 7.82 Å². The number of nitrogens with zero attached hydrogens (tertiary/aromatic N) is 2. The van der Waals surface area contributed by atoms with E-state index in [2.05, 4.69) is 16.8 Å². The van der Waals surface area contributed by atoms with Crippen LogP contribution in [0.25, 0.3) is 0 Å². The molecule has 3 rings (SSSR count). The van der Waals surface area contributed by atoms with Crippen molar-refractivity contribution < 1.29 is 47.0 Å². The molecule has 39 heavy (non-hydrogen) atoms. The molecule has 2 heterocycles. The highest BCUT2D eigenvalue weighted by Gasteiger charge is 2.57. The summed E-state index contributed by atoms with van der Waals surface area (Å²) in [6.07, 6.45) is -6.36. The van der Waals surface area contributed by atoms with Crippen LogP contribution in [0.2, 0.25) is 0 Å². The molecule has 0 radical (unpaired) electrons. The van der Waals surface area contributed by atoms with Crippen molar-refractivity contribution in [2.45, 2.75) is 63.9 Å². The van der Waals surface area contributed by atoms with E-state index in [1.165, 1.54) is 26.0 Å². The molecule has 15 heteroatoms. The molecule has 0 saturated carbocycles. The predicted molar refractivity (Wildman–Crippen MR) is 134 cm³/mol. The van der Waals surface area contributed by atoms with Gasteiger partial charge in [-0.1, -0.05) is 24.1 Å². The molecule has 1 aliphatic rings. The maximum atomic E-state index is 14.1. The number of phosphoric acid groups is 1. The van der Waals surface area contributed by atoms with Crippen molar-refractivity contribution in [1.82, 2.24) is 9.55 Å². The van der Waals surface area contributed by atoms with Crippen molar-refractivity contribution in [2.24, 2.45) is 0 Å². The number of anilines is 1. The Bertz CT molecular complexity index is 1350. The van der Waals surface area contributed by atoms with E-state index in [1.54, 1.807) is 32.0 Å². The maximum Gasteiger partial charge on any atom is 0.530 e. The van der Waals surface area contributed by atoms with Gasteiger partial charge in [0.15, 0.2) is 29.6 Å². The largest absolute Gasteiger partial charge is 0.530 e. The average Bonchev–Trinajstić information content (AvgIpc) is 3.10. The fourth-order valence-corrected chi connectivity index (χ4v) is 4.90. The lowest BCUT2D eigenvalue weighted by atomic mass is 9.94. The number of para-hydroxylation sites is 1. The Balaban J connectivity index is 1.88. The number of aromatic nitrogens is 2. The minimum Gasteiger partial charge on any atom is -0.461 e. The molecule has 212 valence electrons. The first kappa shape index (κ1) is 30.2. The van der Waals surface area contributed by atoms with Gasteiger partial charge in [-0.05, 0) is 39.8 Å². The molecule has 1 aromatic carbocycles. The Morgan fingerprint density at radius 2 is 2.00 bits per heavy atom. The summed E-state index contributed by atoms with van der Waals surface area (Å²) in [6, 6.07) is 7.77. The first-order chi connectivity index (χ1) is 18.3. The second kappa shape index (κ2) is 12.3. The van der Waals surface area contributed by atoms with Gasteiger partial charge < -0.3 is 29.9 Å². The zero-order valence-corrected chi connectivity index (χ0v) is 22.4. The molecule has 4 N–H and O–H groups in total. The molecule has 1 fully saturated rings. The molecular formula is C24H29FN3O10P. The van der Waals surface area contributed by atoms with Crippen LogP contribution in [0.1, 0.15) is 33.9 Å². The van der Waals surface area contributed by atoms with Crippen LogP contribution in [0.3, 0.4) is 0 Å². The fourth-order valence-electron chi connectivity index (χ4n) is 3.56. The standard InChI is InChI=1S/C24H29FN3O10P/c1-5-11-24(32)19(29)18(36-22(24)28-12-17(25)20(26)27-23(28)31)13-34-39(33,38-16-9-7-6-8-10-16)37-15(4)21(30)35-14(2)3/h6-10,12,14-15,18-19,22,29,32H,13H2,1-4H3,(H2,26,27,31)/t15-,18+,19-,22+,24?,39-/m0/s1. The summed E-state index contributed by atoms with van der Waals surface area (Å²) >= 11 is 0. The van der Waals surface area contributed by atoms with Gasteiger partial charge in [0.25, 0.3) is 0 Å². The molecule has 6 atom stereocenters. The van der Waals surface area contributed by atoms with Gasteiger partial charge in [0, 0.05) is 0 Å². The van der Waals surface area contributed by atoms with E-state index in [0.717, 1.165) is 0 Å². The minimum absolute atomic E-state index is 0.0688. The Labute approximate surface area is 223 Å². The number of carbonyl (C=O) groups is 1. The number of esters is 1. The molecule has 0 amide bonds. The molecule has 0 spiro atoms. The highest BCUT2D eigenvalue weighted by Crippen LogP contribution is 2.51. The third kappa shape index (κ3) is 7.02. The lowest BCUT2D eigenvalue weighted by Crippen LogP contribution is -2.48. The minimum atomic E-state index is -4.61. The SMILES string of the molecule is CC#CC1(O)[C@@H](O)[C@@H](CO[P@](=O)(Oc2ccccc2)O[C@@H](C)C(=O)OC(C)C)O[C@H]1n1cc(F)c(N)nc1=O. The van der Waals surface area contributed by atoms with Crippen molar-refractivity contribution in [1.29, 1.82) is 0 Å². The number of ether oxygens (including phenoxy) is 2. The number of aliphatic hydroxyl groups excluding tert-OH is 1. The number of hydrogen-bond donors (Lipinski definition) is 3. The highest BCUT2D eigenvalue weighted by molar-refractivity contribution is 7.49. The maximum absolute atomic E-state index is 14.1. The summed E-state index contributed by atoms with van der Waals surface area (Å²) in [5.74, 6) is 2.23. The van der Waals surface area contributed by atoms with E-state index in [-0.39, 0.29) is 5.75 Å². The van der Waals surface area contributed by atoms with Crippen molar-refractivity contribution in [3.05, 3.63) is 52.8 Å². The zero-order valence-electron chi connectivity index (χ0n) is 21.5. The Hall–Kier alpha value is -3.31. The molecule has 0 aliphatic carbocycles. The van der Waals surface area contributed by atoms with Crippen LogP contribution < -0.4 is 15.9 Å². The second-order valence-electron chi connectivity index (χ2n) is 8.72. The average molecular weight is 569 g/mol. The lowest BCUT2D eigenvalue weighted by Gasteiger charge is -2.26. The van der Waals surface area contributed by atoms with E-state index in [9.17, 15) is 28.8 Å². The van der Waals surface area contributed by atoms with Crippen LogP contribution in [-0.2, 0) is 27.9 Å². The highest BCUT2D eigenvalue weighted by atomic mass is 31.2. The number of hydrogen-bond acceptors (Lipinski definition) is 12. The molecule has 1 aliphatic heterocycles. The Morgan fingerprint density at radius 3 is 2.62 bits per heavy atom. The summed E-state index contributed by atoms with van der Waals surface area (Å²) in [5, 5.41) is 22.0. The van der Waals surface area contributed by atoms with Gasteiger partial charge in [-0.2, -0.15) is 4.98 Å². The van der Waals surface area contributed by atoms with Crippen LogP contribution in [0.4, 0.5) is 10.2 Å². The topological polar surface area (TPSA) is 182 Å². The third-order valence-corrected chi connectivity index (χ3v) is 6.80. The monoisotopic (exact) mass is 569 g/mol. The summed E-state index contributed by atoms with van der Waals surface area (Å²) in [7, 11) is -4.61. The van der Waals surface area contributed by atoms with E-state index in [4.69, 9.17) is 28.8 Å². The fraction of sp³-hybridized carbons (Fsp3) is 0.458. The van der Waals surface area contributed by atoms with Crippen LogP contribution in [-0.4, -0.2) is 62.4 Å². The number of nitrogens with two attached hydrogens (primary N) is 1. The Kier molecular flexibility index (Phi) is 9.50. The molecular weight excluding hydrogens is 540 g/mol. The number of carbonyl (C=O) groups excluding carboxylic acids is 1. The van der Waals surface area contributed by atoms with Crippen LogP contribution in [0.15, 0.2) is 41.3 Å². The molecule has 1 saturated heterocycles. The summed E-state index contributed by atoms with van der Waals surface area (Å²) < 4.78 is 55.1. The van der Waals surface area contributed by atoms with E-state index >= 15 is 0 Å². The lowest BCUT2D eigenvalue weighted by molar-refractivity contribution is -0.156. The molecule has 0 bridgehead atoms. The van der Waals surface area contributed by atoms with Gasteiger partial charge in [-0.3, -0.25) is 13.6 Å². The van der Waals surface area contributed by atoms with Gasteiger partial charge in [-0.25, -0.2) is 18.5 Å². The van der Waals surface area contributed by atoms with E-state index in [0.29, 0.717) is 10.8 Å². The van der Waals surface area contributed by atoms with Crippen molar-refractivity contribution in [2.75, 3.05) is 12.3 Å². The van der Waals surface area contributed by atoms with E-state index < -0.39 is 74.0 Å². The number of nitrogen functional groups attached to an aromatic ring is 1. The molecule has 13 nitrogen and oxygen atoms in total. The van der Waals surface area contributed by atoms with Crippen molar-refractivity contribution in [3.8, 4) is 17.6 Å². The predicted octanol–water partition coefficient (Wildman–Crippen LogP) is 1.54. The van der Waals surface area contributed by atoms with Gasteiger partial charge in [0.1, 0.15) is 18.0 Å². The second-order valence-corrected chi connectivity index (χ2v) is 10.3. The molecule has 1 aromatic heterocycles. The quantitative estimate of drug-likeness (QED) is 0.214. The third-order valence-electron chi connectivity index (χ3n) is 5.32. The number of aliphatic hydroxyl groups is 2. The number of benzene rings is 1. The number of phosphoric ester groups is 1. The van der Waals surface area contributed by atoms with Gasteiger partial charge in [-0.15, -0.1) is 5.92 Å². The number of rotatable bonds is 10. The summed E-state index contributed by atoms with van der Waals surface area (Å²) in [6.45, 7) is 5.11. The van der Waals surface area contributed by atoms with Crippen molar-refractivity contribution in [3.63, 3.8) is 0 Å². The Morgan fingerprint density at radius 1 is 1.33 bits per heavy atom. The van der Waals surface area contributed by atoms with Crippen LogP contribution in [0, 0.1) is 17.7 Å². The smallest absolute Gasteiger partial charge is 0.461 e. The first-order valence-electron chi connectivity index (χ1n) is 11.7. The summed E-state index contributed by atoms with van der Waals surface area (Å²) in [4.78, 5) is 28.0. The first-order valence-corrected chi connectivity index (χ1v) is 13.2. The molecule has 2 aromatic rings. The van der Waals surface area contributed by atoms with Gasteiger partial charge >= 0.3 is 19.5 Å². The van der Waals surface area contributed by atoms with Gasteiger partial charge in [0.2, 0.25) is 0 Å². The van der Waals surface area contributed by atoms with Crippen LogP contribution in [0.5, 0.6) is 5.75 Å². The molecule has 1 unspecified atom stereocenters. The van der Waals surface area contributed by atoms with E-state index in [1.807, 2.05) is 0 Å². The van der Waals surface area contributed by atoms with Gasteiger partial charge in [0.05, 0.1) is 18.9 Å². The summed E-state index contributed by atoms with van der Waals surface area (Å²) in [5.41, 5.74) is 1.78. The van der Waals surface area contributed by atoms with Crippen molar-refractivity contribution >= 4 is 19.6 Å². The zero-order chi connectivity index (χ0) is 29.0. The number of halogens is 1. The normalized spacial score (nSPS) is 24.9.